The van der Waals surface area contributed by atoms with Crippen LogP contribution in [0.4, 0.5) is 4.79 Å². The molecule has 0 heterocycles. The molecule has 0 N–H and O–H groups in total. The first kappa shape index (κ1) is 9.27. The molecule has 3 heteroatoms. The summed E-state index contributed by atoms with van der Waals surface area (Å²) in [7, 11) is 0. The van der Waals surface area contributed by atoms with Gasteiger partial charge in [0.15, 0.2) is 0 Å². The molecule has 1 atom stereocenters. The summed E-state index contributed by atoms with van der Waals surface area (Å²) in [5.74, 6) is 0.527. The van der Waals surface area contributed by atoms with Crippen molar-refractivity contribution in [3.8, 4) is 0 Å². The largest absolute Gasteiger partial charge is 0.549 e. The molecule has 10 heavy (non-hydrogen) atoms. The van der Waals surface area contributed by atoms with E-state index in [0.29, 0.717) is 5.92 Å². The Hall–Kier alpha value is -0.730. The van der Waals surface area contributed by atoms with E-state index in [2.05, 4.69) is 18.6 Å². The van der Waals surface area contributed by atoms with Crippen LogP contribution in [0, 0.1) is 5.92 Å². The number of hydrogen-bond acceptors (Lipinski definition) is 2. The first-order chi connectivity index (χ1) is 4.66. The first-order valence-electron chi connectivity index (χ1n) is 3.50. The average molecular weight is 145 g/mol. The van der Waals surface area contributed by atoms with Crippen LogP contribution in [0.15, 0.2) is 0 Å². The van der Waals surface area contributed by atoms with Gasteiger partial charge in [0, 0.05) is 0 Å². The Morgan fingerprint density at radius 3 is 2.60 bits per heavy atom. The van der Waals surface area contributed by atoms with Gasteiger partial charge in [0.25, 0.3) is 0 Å². The van der Waals surface area contributed by atoms with E-state index in [1.165, 1.54) is 0 Å². The molecule has 59 valence electrons. The molecule has 0 saturated heterocycles. The highest BCUT2D eigenvalue weighted by molar-refractivity contribution is 5.56. The summed E-state index contributed by atoms with van der Waals surface area (Å²) in [6, 6.07) is 0. The third kappa shape index (κ3) is 5.41. The highest BCUT2D eigenvalue weighted by Crippen LogP contribution is 2.05. The minimum Gasteiger partial charge on any atom is -0.432 e. The van der Waals surface area contributed by atoms with Crippen molar-refractivity contribution in [2.75, 3.05) is 6.61 Å². The fourth-order valence-corrected chi connectivity index (χ4v) is 0.548. The van der Waals surface area contributed by atoms with Gasteiger partial charge in [-0.05, 0) is 12.3 Å². The van der Waals surface area contributed by atoms with E-state index in [-0.39, 0.29) is 6.61 Å². The van der Waals surface area contributed by atoms with E-state index in [1.807, 2.05) is 0 Å². The molecule has 0 aromatic heterocycles. The van der Waals surface area contributed by atoms with Crippen LogP contribution in [0.2, 0.25) is 0 Å². The third-order valence-electron chi connectivity index (χ3n) is 1.53. The Bertz CT molecular complexity index is 101. The Morgan fingerprint density at radius 1 is 1.60 bits per heavy atom. The third-order valence-corrected chi connectivity index (χ3v) is 1.53. The summed E-state index contributed by atoms with van der Waals surface area (Å²) < 4.78 is 4.22. The van der Waals surface area contributed by atoms with Crippen LogP contribution in [0.25, 0.3) is 0 Å². The van der Waals surface area contributed by atoms with E-state index in [9.17, 15) is 9.90 Å². The van der Waals surface area contributed by atoms with E-state index in [4.69, 9.17) is 0 Å². The van der Waals surface area contributed by atoms with Crippen LogP contribution < -0.4 is 0 Å². The lowest BCUT2D eigenvalue weighted by Crippen LogP contribution is -2.04. The zero-order valence-corrected chi connectivity index (χ0v) is 6.42. The van der Waals surface area contributed by atoms with E-state index in [1.54, 1.807) is 0 Å². The molecule has 0 saturated carbocycles. The predicted molar refractivity (Wildman–Crippen MR) is 36.1 cm³/mol. The zero-order valence-electron chi connectivity index (χ0n) is 6.42. The van der Waals surface area contributed by atoms with Gasteiger partial charge in [-0.15, -0.1) is 0 Å². The molecular formula is C7H13O3. The van der Waals surface area contributed by atoms with Crippen molar-refractivity contribution >= 4 is 6.16 Å². The molecule has 0 fully saturated rings. The molecule has 0 aliphatic carbocycles. The van der Waals surface area contributed by atoms with Gasteiger partial charge in [0.1, 0.15) is 0 Å². The monoisotopic (exact) mass is 145 g/mol. The Labute approximate surface area is 61.0 Å². The standard InChI is InChI=1S/C7H13O3/c1-3-6(2)4-5-10-7(8)9/h6H,3-5H2,1-2H3. The van der Waals surface area contributed by atoms with E-state index in [0.717, 1.165) is 12.8 Å². The quantitative estimate of drug-likeness (QED) is 0.568. The van der Waals surface area contributed by atoms with Crippen LogP contribution in [-0.4, -0.2) is 12.8 Å². The van der Waals surface area contributed by atoms with Crippen LogP contribution in [-0.2, 0) is 9.84 Å². The van der Waals surface area contributed by atoms with Gasteiger partial charge in [-0.1, -0.05) is 20.3 Å². The molecule has 3 nitrogen and oxygen atoms in total. The lowest BCUT2D eigenvalue weighted by Gasteiger charge is -2.05. The molecule has 0 aliphatic heterocycles. The fourth-order valence-electron chi connectivity index (χ4n) is 0.548. The molecule has 0 bridgehead atoms. The molecule has 1 radical (unpaired) electrons. The summed E-state index contributed by atoms with van der Waals surface area (Å²) in [5.41, 5.74) is 0. The van der Waals surface area contributed by atoms with Crippen LogP contribution in [0.1, 0.15) is 26.7 Å². The van der Waals surface area contributed by atoms with Gasteiger partial charge in [-0.25, -0.2) is 0 Å². The number of rotatable bonds is 4. The van der Waals surface area contributed by atoms with Gasteiger partial charge in [0.2, 0.25) is 0 Å². The summed E-state index contributed by atoms with van der Waals surface area (Å²) in [5, 5.41) is 9.74. The SMILES string of the molecule is CCC(C)CCOC([O])=O. The van der Waals surface area contributed by atoms with Gasteiger partial charge < -0.3 is 4.74 Å². The molecular weight excluding hydrogens is 132 g/mol. The van der Waals surface area contributed by atoms with Crippen molar-refractivity contribution in [1.82, 2.24) is 0 Å². The van der Waals surface area contributed by atoms with E-state index < -0.39 is 6.16 Å². The van der Waals surface area contributed by atoms with E-state index >= 15 is 0 Å². The zero-order chi connectivity index (χ0) is 7.98. The topological polar surface area (TPSA) is 46.2 Å². The van der Waals surface area contributed by atoms with Crippen molar-refractivity contribution in [3.05, 3.63) is 0 Å². The second-order valence-electron chi connectivity index (χ2n) is 2.40. The van der Waals surface area contributed by atoms with Crippen LogP contribution in [0.3, 0.4) is 0 Å². The van der Waals surface area contributed by atoms with Gasteiger partial charge >= 0.3 is 6.16 Å². The number of hydrogen-bond donors (Lipinski definition) is 0. The lowest BCUT2D eigenvalue weighted by atomic mass is 10.1. The maximum atomic E-state index is 9.74. The predicted octanol–water partition coefficient (Wildman–Crippen LogP) is 1.99. The minimum atomic E-state index is -1.43. The molecule has 0 aromatic carbocycles. The van der Waals surface area contributed by atoms with Crippen molar-refractivity contribution in [2.24, 2.45) is 5.92 Å². The van der Waals surface area contributed by atoms with Crippen LogP contribution in [0.5, 0.6) is 0 Å². The molecule has 0 aromatic rings. The second-order valence-corrected chi connectivity index (χ2v) is 2.40. The minimum absolute atomic E-state index is 0.261. The molecule has 0 aliphatic rings. The summed E-state index contributed by atoms with van der Waals surface area (Å²) in [4.78, 5) is 9.74. The summed E-state index contributed by atoms with van der Waals surface area (Å²) >= 11 is 0. The number of carbonyl (C=O) groups is 1. The molecule has 0 rings (SSSR count). The van der Waals surface area contributed by atoms with Gasteiger partial charge in [-0.3, -0.25) is 0 Å². The number of carbonyl (C=O) groups excluding carboxylic acids is 1. The molecule has 1 unspecified atom stereocenters. The Morgan fingerprint density at radius 2 is 2.20 bits per heavy atom. The normalized spacial score (nSPS) is 12.6. The average Bonchev–Trinajstić information content (AvgIpc) is 1.87. The van der Waals surface area contributed by atoms with Crippen LogP contribution >= 0.6 is 0 Å². The first-order valence-corrected chi connectivity index (χ1v) is 3.50. The summed E-state index contributed by atoms with van der Waals surface area (Å²) in [6.07, 6.45) is 0.407. The fraction of sp³-hybridized carbons (Fsp3) is 0.857. The van der Waals surface area contributed by atoms with Crippen molar-refractivity contribution in [1.29, 1.82) is 0 Å². The lowest BCUT2D eigenvalue weighted by molar-refractivity contribution is 0.0638. The van der Waals surface area contributed by atoms with Gasteiger partial charge in [-0.2, -0.15) is 9.90 Å². The second kappa shape index (κ2) is 5.09. The maximum absolute atomic E-state index is 9.74. The highest BCUT2D eigenvalue weighted by atomic mass is 16.7. The Balaban J connectivity index is 3.11. The Kier molecular flexibility index (Phi) is 4.72. The maximum Gasteiger partial charge on any atom is 0.549 e. The van der Waals surface area contributed by atoms with Gasteiger partial charge in [0.05, 0.1) is 6.61 Å². The molecule has 0 spiro atoms. The molecule has 0 amide bonds. The smallest absolute Gasteiger partial charge is 0.432 e. The highest BCUT2D eigenvalue weighted by Gasteiger charge is 2.01. The number of ether oxygens (including phenoxy) is 1. The van der Waals surface area contributed by atoms with Crippen molar-refractivity contribution < 1.29 is 14.6 Å². The van der Waals surface area contributed by atoms with Crippen molar-refractivity contribution in [3.63, 3.8) is 0 Å². The summed E-state index contributed by atoms with van der Waals surface area (Å²) in [6.45, 7) is 4.37. The van der Waals surface area contributed by atoms with Crippen molar-refractivity contribution in [2.45, 2.75) is 26.7 Å².